The van der Waals surface area contributed by atoms with Crippen molar-refractivity contribution in [1.82, 2.24) is 9.47 Å². The van der Waals surface area contributed by atoms with E-state index in [-0.39, 0.29) is 23.7 Å². The number of fused-ring (bicyclic) bond motifs is 4. The maximum absolute atomic E-state index is 12.8. The smallest absolute Gasteiger partial charge is 0.306 e. The van der Waals surface area contributed by atoms with Crippen molar-refractivity contribution in [2.75, 3.05) is 20.2 Å². The molecule has 2 aliphatic heterocycles. The molecule has 3 atom stereocenters. The van der Waals surface area contributed by atoms with Crippen LogP contribution in [0.2, 0.25) is 0 Å². The summed E-state index contributed by atoms with van der Waals surface area (Å²) in [5.41, 5.74) is 1.24. The highest BCUT2D eigenvalue weighted by molar-refractivity contribution is 9.10. The standard InChI is InChI=1S/C27H27BrN2O6/c1-35-25(33)11-21(17-4-2-5-19(28)9-17)27-26(34)23(31)10-20(36-27)15-29-12-16-8-18(14-29)22-6-3-7-24(32)30(22)13-16/h2-7,9-10,16,18,21,34H,8,11-15H2,1H3/t16-,18+,21-/m1/s1. The number of methoxy groups -OCH3 is 1. The first-order valence-electron chi connectivity index (χ1n) is 11.9. The van der Waals surface area contributed by atoms with E-state index in [0.29, 0.717) is 30.3 Å². The second-order valence-electron chi connectivity index (χ2n) is 9.57. The number of nitrogens with zero attached hydrogens (tertiary/aromatic N) is 2. The molecule has 2 aromatic heterocycles. The molecule has 1 saturated heterocycles. The van der Waals surface area contributed by atoms with Crippen molar-refractivity contribution in [2.45, 2.75) is 37.8 Å². The first-order chi connectivity index (χ1) is 17.3. The molecule has 0 saturated carbocycles. The maximum Gasteiger partial charge on any atom is 0.306 e. The van der Waals surface area contributed by atoms with E-state index in [0.717, 1.165) is 29.7 Å². The van der Waals surface area contributed by atoms with Gasteiger partial charge in [0.05, 0.1) is 26.0 Å². The Labute approximate surface area is 216 Å². The zero-order chi connectivity index (χ0) is 25.4. The third-order valence-electron chi connectivity index (χ3n) is 7.10. The van der Waals surface area contributed by atoms with E-state index in [2.05, 4.69) is 20.8 Å². The Morgan fingerprint density at radius 3 is 2.75 bits per heavy atom. The second-order valence-corrected chi connectivity index (χ2v) is 10.5. The van der Waals surface area contributed by atoms with Crippen LogP contribution in [0.25, 0.3) is 0 Å². The monoisotopic (exact) mass is 554 g/mol. The van der Waals surface area contributed by atoms with Crippen LogP contribution in [0.4, 0.5) is 0 Å². The van der Waals surface area contributed by atoms with Crippen LogP contribution in [0, 0.1) is 5.92 Å². The summed E-state index contributed by atoms with van der Waals surface area (Å²) in [5, 5.41) is 10.7. The number of esters is 1. The van der Waals surface area contributed by atoms with E-state index in [1.165, 1.54) is 13.2 Å². The summed E-state index contributed by atoms with van der Waals surface area (Å²) >= 11 is 3.44. The summed E-state index contributed by atoms with van der Waals surface area (Å²) in [6.07, 6.45) is 0.932. The average molecular weight is 555 g/mol. The van der Waals surface area contributed by atoms with Crippen molar-refractivity contribution < 1.29 is 19.1 Å². The summed E-state index contributed by atoms with van der Waals surface area (Å²) in [6.45, 7) is 2.57. The van der Waals surface area contributed by atoms with Crippen LogP contribution in [0.3, 0.4) is 0 Å². The lowest BCUT2D eigenvalue weighted by Gasteiger charge is -2.42. The van der Waals surface area contributed by atoms with Crippen LogP contribution >= 0.6 is 15.9 Å². The SMILES string of the molecule is COC(=O)C[C@H](c1cccc(Br)c1)c1oc(CN2C[C@H]3C[C@@H](C2)c2cccc(=O)n2C3)cc(=O)c1O. The lowest BCUT2D eigenvalue weighted by atomic mass is 9.83. The predicted octanol–water partition coefficient (Wildman–Crippen LogP) is 3.58. The molecule has 0 aliphatic carbocycles. The number of hydrogen-bond donors (Lipinski definition) is 1. The van der Waals surface area contributed by atoms with Gasteiger partial charge in [0, 0.05) is 47.9 Å². The van der Waals surface area contributed by atoms with Gasteiger partial charge in [-0.05, 0) is 36.1 Å². The summed E-state index contributed by atoms with van der Waals surface area (Å²) in [7, 11) is 1.30. The fraction of sp³-hybridized carbons (Fsp3) is 0.370. The number of carbonyl (C=O) groups is 1. The molecule has 2 bridgehead atoms. The van der Waals surface area contributed by atoms with E-state index in [9.17, 15) is 19.5 Å². The normalized spacial score (nSPS) is 19.9. The molecule has 1 fully saturated rings. The lowest BCUT2D eigenvalue weighted by Crippen LogP contribution is -2.46. The Bertz CT molecular complexity index is 1410. The fourth-order valence-electron chi connectivity index (χ4n) is 5.55. The maximum atomic E-state index is 12.8. The molecule has 9 heteroatoms. The Morgan fingerprint density at radius 2 is 1.97 bits per heavy atom. The largest absolute Gasteiger partial charge is 0.502 e. The van der Waals surface area contributed by atoms with Crippen LogP contribution in [-0.2, 0) is 22.6 Å². The number of aromatic hydroxyl groups is 1. The van der Waals surface area contributed by atoms with Crippen LogP contribution in [0.5, 0.6) is 5.75 Å². The van der Waals surface area contributed by atoms with Gasteiger partial charge in [0.1, 0.15) is 5.76 Å². The summed E-state index contributed by atoms with van der Waals surface area (Å²) in [5.74, 6) is -0.654. The van der Waals surface area contributed by atoms with Gasteiger partial charge in [-0.2, -0.15) is 0 Å². The topological polar surface area (TPSA) is 102 Å². The zero-order valence-corrected chi connectivity index (χ0v) is 21.4. The van der Waals surface area contributed by atoms with Crippen molar-refractivity contribution in [3.8, 4) is 5.75 Å². The number of ether oxygens (including phenoxy) is 1. The van der Waals surface area contributed by atoms with Crippen LogP contribution in [-0.4, -0.2) is 40.7 Å². The van der Waals surface area contributed by atoms with Crippen LogP contribution in [0.15, 0.2) is 67.0 Å². The number of likely N-dealkylation sites (tertiary alicyclic amines) is 1. The van der Waals surface area contributed by atoms with Gasteiger partial charge in [-0.15, -0.1) is 0 Å². The lowest BCUT2D eigenvalue weighted by molar-refractivity contribution is -0.140. The summed E-state index contributed by atoms with van der Waals surface area (Å²) < 4.78 is 13.7. The molecule has 188 valence electrons. The molecule has 0 spiro atoms. The highest BCUT2D eigenvalue weighted by Gasteiger charge is 2.35. The van der Waals surface area contributed by atoms with Gasteiger partial charge in [0.2, 0.25) is 11.2 Å². The van der Waals surface area contributed by atoms with E-state index in [4.69, 9.17) is 9.15 Å². The third-order valence-corrected chi connectivity index (χ3v) is 7.59. The van der Waals surface area contributed by atoms with Crippen LogP contribution < -0.4 is 11.0 Å². The molecule has 4 heterocycles. The Morgan fingerprint density at radius 1 is 1.17 bits per heavy atom. The molecule has 36 heavy (non-hydrogen) atoms. The second kappa shape index (κ2) is 10.1. The van der Waals surface area contributed by atoms with E-state index < -0.39 is 23.1 Å². The molecular formula is C27H27BrN2O6. The number of halogens is 1. The van der Waals surface area contributed by atoms with E-state index in [1.807, 2.05) is 41.0 Å². The highest BCUT2D eigenvalue weighted by atomic mass is 79.9. The first kappa shape index (κ1) is 24.5. The minimum Gasteiger partial charge on any atom is -0.502 e. The molecule has 8 nitrogen and oxygen atoms in total. The Hall–Kier alpha value is -3.17. The quantitative estimate of drug-likeness (QED) is 0.464. The predicted molar refractivity (Wildman–Crippen MR) is 136 cm³/mol. The van der Waals surface area contributed by atoms with Gasteiger partial charge in [-0.1, -0.05) is 34.1 Å². The Kier molecular flexibility index (Phi) is 6.85. The molecule has 5 rings (SSSR count). The minimum absolute atomic E-state index is 0.0361. The number of aromatic nitrogens is 1. The van der Waals surface area contributed by atoms with Crippen molar-refractivity contribution in [3.63, 3.8) is 0 Å². The van der Waals surface area contributed by atoms with Crippen molar-refractivity contribution >= 4 is 21.9 Å². The molecular weight excluding hydrogens is 528 g/mol. The molecule has 1 N–H and O–H groups in total. The molecule has 0 unspecified atom stereocenters. The van der Waals surface area contributed by atoms with Gasteiger partial charge in [0.25, 0.3) is 5.56 Å². The van der Waals surface area contributed by atoms with Crippen LogP contribution in [0.1, 0.15) is 47.5 Å². The third kappa shape index (κ3) is 4.90. The van der Waals surface area contributed by atoms with E-state index in [1.54, 1.807) is 6.07 Å². The number of piperidine rings is 1. The Balaban J connectivity index is 1.45. The van der Waals surface area contributed by atoms with Gasteiger partial charge in [0.15, 0.2) is 5.76 Å². The average Bonchev–Trinajstić information content (AvgIpc) is 2.85. The number of hydrogen-bond acceptors (Lipinski definition) is 7. The minimum atomic E-state index is -0.693. The van der Waals surface area contributed by atoms with Gasteiger partial charge in [-0.3, -0.25) is 19.3 Å². The van der Waals surface area contributed by atoms with Gasteiger partial charge >= 0.3 is 5.97 Å². The number of carbonyl (C=O) groups excluding carboxylic acids is 1. The molecule has 0 amide bonds. The number of rotatable bonds is 6. The van der Waals surface area contributed by atoms with Crippen molar-refractivity contribution in [1.29, 1.82) is 0 Å². The molecule has 1 aromatic carbocycles. The fourth-order valence-corrected chi connectivity index (χ4v) is 5.97. The summed E-state index contributed by atoms with van der Waals surface area (Å²) in [6, 6.07) is 14.1. The van der Waals surface area contributed by atoms with Crippen molar-refractivity contribution in [3.05, 3.63) is 96.4 Å². The zero-order valence-electron chi connectivity index (χ0n) is 19.9. The van der Waals surface area contributed by atoms with Crippen molar-refractivity contribution in [2.24, 2.45) is 5.92 Å². The number of benzene rings is 1. The molecule has 3 aromatic rings. The van der Waals surface area contributed by atoms with E-state index >= 15 is 0 Å². The van der Waals surface area contributed by atoms with Gasteiger partial charge < -0.3 is 18.8 Å². The summed E-state index contributed by atoms with van der Waals surface area (Å²) in [4.78, 5) is 39.5. The number of pyridine rings is 1. The first-order valence-corrected chi connectivity index (χ1v) is 12.7. The molecule has 2 aliphatic rings. The van der Waals surface area contributed by atoms with Gasteiger partial charge in [-0.25, -0.2) is 0 Å². The molecule has 0 radical (unpaired) electrons. The highest BCUT2D eigenvalue weighted by Crippen LogP contribution is 2.37.